The van der Waals surface area contributed by atoms with Gasteiger partial charge < -0.3 is 14.7 Å². The van der Waals surface area contributed by atoms with Crippen LogP contribution in [-0.4, -0.2) is 41.9 Å². The number of nitrogens with zero attached hydrogens (tertiary/aromatic N) is 3. The topological polar surface area (TPSA) is 84.1 Å². The smallest absolute Gasteiger partial charge is 0.336 e. The Balaban J connectivity index is 1.66. The van der Waals surface area contributed by atoms with E-state index in [0.717, 1.165) is 47.6 Å². The van der Waals surface area contributed by atoms with Gasteiger partial charge in [-0.25, -0.2) is 9.79 Å². The van der Waals surface area contributed by atoms with E-state index in [2.05, 4.69) is 38.0 Å². The molecule has 0 radical (unpaired) electrons. The van der Waals surface area contributed by atoms with Gasteiger partial charge in [0.25, 0.3) is 5.56 Å². The lowest BCUT2D eigenvalue weighted by Gasteiger charge is -2.37. The number of halogens is 1. The van der Waals surface area contributed by atoms with Crippen molar-refractivity contribution in [3.8, 4) is 0 Å². The van der Waals surface area contributed by atoms with Gasteiger partial charge in [0.1, 0.15) is 5.54 Å². The van der Waals surface area contributed by atoms with E-state index >= 15 is 0 Å². The molecule has 3 heterocycles. The van der Waals surface area contributed by atoms with E-state index in [9.17, 15) is 14.7 Å². The maximum atomic E-state index is 13.9. The van der Waals surface area contributed by atoms with Crippen LogP contribution in [0.5, 0.6) is 0 Å². The third-order valence-electron chi connectivity index (χ3n) is 6.84. The van der Waals surface area contributed by atoms with Crippen molar-refractivity contribution in [2.24, 2.45) is 4.99 Å². The van der Waals surface area contributed by atoms with Crippen molar-refractivity contribution in [2.75, 3.05) is 31.2 Å². The number of carboxylic acids is 1. The van der Waals surface area contributed by atoms with Crippen LogP contribution in [0.2, 0.25) is 0 Å². The number of aromatic nitrogens is 1. The van der Waals surface area contributed by atoms with Crippen molar-refractivity contribution in [2.45, 2.75) is 25.8 Å². The number of carboxylic acid groups (broad SMARTS) is 1. The minimum absolute atomic E-state index is 0.126. The molecule has 3 aromatic rings. The highest BCUT2D eigenvalue weighted by Crippen LogP contribution is 2.39. The Bertz CT molecular complexity index is 1520. The molecule has 5 rings (SSSR count). The van der Waals surface area contributed by atoms with Gasteiger partial charge in [-0.2, -0.15) is 0 Å². The Morgan fingerprint density at radius 3 is 2.44 bits per heavy atom. The van der Waals surface area contributed by atoms with Gasteiger partial charge in [0.2, 0.25) is 0 Å². The predicted octanol–water partition coefficient (Wildman–Crippen LogP) is 3.48. The Hall–Kier alpha value is -3.01. The molecule has 2 aliphatic heterocycles. The summed E-state index contributed by atoms with van der Waals surface area (Å²) in [5.74, 6) is -1.08. The monoisotopic (exact) mass is 567 g/mol. The number of hydrogen-bond acceptors (Lipinski definition) is 6. The highest BCUT2D eigenvalue weighted by atomic mass is 79.9. The van der Waals surface area contributed by atoms with Crippen molar-refractivity contribution in [3.63, 3.8) is 0 Å². The van der Waals surface area contributed by atoms with Gasteiger partial charge in [0.05, 0.1) is 29.0 Å². The number of benzene rings is 2. The lowest BCUT2D eigenvalue weighted by Crippen LogP contribution is -2.52. The van der Waals surface area contributed by atoms with Crippen LogP contribution in [0.25, 0.3) is 6.08 Å². The zero-order valence-electron chi connectivity index (χ0n) is 20.0. The standard InChI is InChI=1S/C27H26BrN3O4S/c1-3-27(19-6-8-20(28)9-7-19)23(25(33)34)17(2)29-26-31(27)24(32)22(36-26)16-18-4-10-21(11-5-18)30-12-14-35-15-13-30/h4-11,16H,3,12-15H2,1-2H3,(H,33,34)/b22-16-. The molecule has 36 heavy (non-hydrogen) atoms. The fourth-order valence-electron chi connectivity index (χ4n) is 5.12. The SMILES string of the molecule is CCC1(c2ccc(Br)cc2)C(C(=O)O)=C(C)N=c2s/c(=C\c3ccc(N4CCOCC4)cc3)c(=O)n21. The highest BCUT2D eigenvalue weighted by molar-refractivity contribution is 9.10. The summed E-state index contributed by atoms with van der Waals surface area (Å²) < 4.78 is 8.40. The molecule has 7 nitrogen and oxygen atoms in total. The van der Waals surface area contributed by atoms with E-state index in [1.807, 2.05) is 49.4 Å². The number of carbonyl (C=O) groups is 1. The lowest BCUT2D eigenvalue weighted by molar-refractivity contribution is -0.133. The number of fused-ring (bicyclic) bond motifs is 1. The van der Waals surface area contributed by atoms with Crippen molar-refractivity contribution in [1.29, 1.82) is 0 Å². The molecule has 1 N–H and O–H groups in total. The molecule has 0 saturated carbocycles. The lowest BCUT2D eigenvalue weighted by atomic mass is 9.78. The van der Waals surface area contributed by atoms with Crippen LogP contribution in [0.15, 0.2) is 74.1 Å². The molecule has 0 bridgehead atoms. The number of allylic oxidation sites excluding steroid dienone is 1. The van der Waals surface area contributed by atoms with Gasteiger partial charge in [0, 0.05) is 23.2 Å². The maximum absolute atomic E-state index is 13.9. The van der Waals surface area contributed by atoms with Gasteiger partial charge in [0.15, 0.2) is 4.80 Å². The Morgan fingerprint density at radius 2 is 1.83 bits per heavy atom. The fourth-order valence-corrected chi connectivity index (χ4v) is 6.47. The summed E-state index contributed by atoms with van der Waals surface area (Å²) in [6, 6.07) is 15.6. The van der Waals surface area contributed by atoms with E-state index in [1.165, 1.54) is 11.3 Å². The van der Waals surface area contributed by atoms with E-state index in [0.29, 0.717) is 21.5 Å². The van der Waals surface area contributed by atoms with Crippen LogP contribution in [-0.2, 0) is 15.1 Å². The summed E-state index contributed by atoms with van der Waals surface area (Å²) in [7, 11) is 0. The molecule has 0 amide bonds. The average Bonchev–Trinajstić information content (AvgIpc) is 3.19. The van der Waals surface area contributed by atoms with Crippen LogP contribution < -0.4 is 19.8 Å². The van der Waals surface area contributed by atoms with Crippen LogP contribution in [0.4, 0.5) is 5.69 Å². The second kappa shape index (κ2) is 9.80. The van der Waals surface area contributed by atoms with Gasteiger partial charge in [-0.3, -0.25) is 9.36 Å². The second-order valence-corrected chi connectivity index (χ2v) is 10.7. The molecular formula is C27H26BrN3O4S. The number of rotatable bonds is 5. The summed E-state index contributed by atoms with van der Waals surface area (Å²) in [6.45, 7) is 6.77. The van der Waals surface area contributed by atoms with Crippen LogP contribution >= 0.6 is 27.3 Å². The Morgan fingerprint density at radius 1 is 1.17 bits per heavy atom. The van der Waals surface area contributed by atoms with Gasteiger partial charge in [-0.15, -0.1) is 0 Å². The number of thiazole rings is 1. The number of morpholine rings is 1. The van der Waals surface area contributed by atoms with E-state index < -0.39 is 11.5 Å². The largest absolute Gasteiger partial charge is 0.478 e. The third kappa shape index (κ3) is 4.15. The number of ether oxygens (including phenoxy) is 1. The zero-order chi connectivity index (χ0) is 25.4. The first-order valence-corrected chi connectivity index (χ1v) is 13.4. The molecule has 9 heteroatoms. The summed E-state index contributed by atoms with van der Waals surface area (Å²) in [4.78, 5) is 33.7. The van der Waals surface area contributed by atoms with Gasteiger partial charge in [-0.05, 0) is 54.8 Å². The normalized spacial score (nSPS) is 20.3. The van der Waals surface area contributed by atoms with Crippen molar-refractivity contribution in [3.05, 3.63) is 95.1 Å². The molecule has 1 atom stereocenters. The molecular weight excluding hydrogens is 542 g/mol. The van der Waals surface area contributed by atoms with Crippen molar-refractivity contribution in [1.82, 2.24) is 4.57 Å². The third-order valence-corrected chi connectivity index (χ3v) is 8.34. The van der Waals surface area contributed by atoms with Crippen LogP contribution in [0.1, 0.15) is 31.4 Å². The number of aliphatic carboxylic acids is 1. The molecule has 1 saturated heterocycles. The van der Waals surface area contributed by atoms with E-state index in [4.69, 9.17) is 4.74 Å². The minimum Gasteiger partial charge on any atom is -0.478 e. The first-order chi connectivity index (χ1) is 17.3. The average molecular weight is 568 g/mol. The zero-order valence-corrected chi connectivity index (χ0v) is 22.4. The van der Waals surface area contributed by atoms with Crippen LogP contribution in [0.3, 0.4) is 0 Å². The molecule has 2 aliphatic rings. The first kappa shape index (κ1) is 24.7. The van der Waals surface area contributed by atoms with Crippen molar-refractivity contribution < 1.29 is 14.6 Å². The molecule has 2 aromatic carbocycles. The van der Waals surface area contributed by atoms with E-state index in [-0.39, 0.29) is 11.1 Å². The molecule has 1 fully saturated rings. The maximum Gasteiger partial charge on any atom is 0.336 e. The van der Waals surface area contributed by atoms with Crippen molar-refractivity contribution >= 4 is 45.0 Å². The molecule has 186 valence electrons. The molecule has 0 aliphatic carbocycles. The molecule has 1 unspecified atom stereocenters. The summed E-state index contributed by atoms with van der Waals surface area (Å²) in [5, 5.41) is 10.2. The summed E-state index contributed by atoms with van der Waals surface area (Å²) in [6.07, 6.45) is 2.25. The minimum atomic E-state index is -1.16. The van der Waals surface area contributed by atoms with Crippen LogP contribution in [0, 0.1) is 0 Å². The number of anilines is 1. The van der Waals surface area contributed by atoms with E-state index in [1.54, 1.807) is 11.5 Å². The molecule has 0 spiro atoms. The summed E-state index contributed by atoms with van der Waals surface area (Å²) >= 11 is 4.74. The Kier molecular flexibility index (Phi) is 6.72. The number of hydrogen-bond donors (Lipinski definition) is 1. The first-order valence-electron chi connectivity index (χ1n) is 11.8. The Labute approximate surface area is 220 Å². The van der Waals surface area contributed by atoms with Gasteiger partial charge in [-0.1, -0.05) is 58.5 Å². The molecule has 1 aromatic heterocycles. The predicted molar refractivity (Wildman–Crippen MR) is 144 cm³/mol. The summed E-state index contributed by atoms with van der Waals surface area (Å²) in [5.41, 5.74) is 1.90. The van der Waals surface area contributed by atoms with Gasteiger partial charge >= 0.3 is 5.97 Å². The highest BCUT2D eigenvalue weighted by Gasteiger charge is 2.45. The quantitative estimate of drug-likeness (QED) is 0.510. The second-order valence-electron chi connectivity index (χ2n) is 8.82. The fraction of sp³-hybridized carbons (Fsp3) is 0.296.